The molecule has 0 aliphatic carbocycles. The van der Waals surface area contributed by atoms with E-state index in [0.29, 0.717) is 0 Å². The van der Waals surface area contributed by atoms with Crippen molar-refractivity contribution in [2.75, 3.05) is 26.3 Å². The Kier molecular flexibility index (Phi) is 8.15. The standard InChI is InChI=1S/C14H21Br2NO/c1-3-5-17-6-8-18-7-4-12-10-13(15)11(2)9-14(12)16/h9-10,17H,3-8H2,1-2H3. The Morgan fingerprint density at radius 3 is 2.61 bits per heavy atom. The second-order valence-corrected chi connectivity index (χ2v) is 6.01. The normalized spacial score (nSPS) is 10.9. The molecule has 0 amide bonds. The third-order valence-electron chi connectivity index (χ3n) is 2.69. The highest BCUT2D eigenvalue weighted by atomic mass is 79.9. The van der Waals surface area contributed by atoms with E-state index in [2.05, 4.69) is 63.2 Å². The first-order chi connectivity index (χ1) is 8.65. The van der Waals surface area contributed by atoms with Crippen molar-refractivity contribution >= 4 is 31.9 Å². The van der Waals surface area contributed by atoms with E-state index in [1.165, 1.54) is 17.5 Å². The molecule has 0 atom stereocenters. The van der Waals surface area contributed by atoms with Crippen LogP contribution in [0.5, 0.6) is 0 Å². The van der Waals surface area contributed by atoms with Gasteiger partial charge in [0, 0.05) is 15.5 Å². The fourth-order valence-corrected chi connectivity index (χ4v) is 2.66. The van der Waals surface area contributed by atoms with Gasteiger partial charge in [-0.3, -0.25) is 0 Å². The summed E-state index contributed by atoms with van der Waals surface area (Å²) < 4.78 is 7.93. The van der Waals surface area contributed by atoms with Crippen LogP contribution in [0.4, 0.5) is 0 Å². The van der Waals surface area contributed by atoms with Crippen LogP contribution >= 0.6 is 31.9 Å². The quantitative estimate of drug-likeness (QED) is 0.688. The van der Waals surface area contributed by atoms with E-state index in [-0.39, 0.29) is 0 Å². The fraction of sp³-hybridized carbons (Fsp3) is 0.571. The summed E-state index contributed by atoms with van der Waals surface area (Å²) in [5, 5.41) is 3.32. The van der Waals surface area contributed by atoms with E-state index in [1.54, 1.807) is 0 Å². The second-order valence-electron chi connectivity index (χ2n) is 4.31. The molecule has 0 aromatic heterocycles. The van der Waals surface area contributed by atoms with E-state index in [9.17, 15) is 0 Å². The summed E-state index contributed by atoms with van der Waals surface area (Å²) in [6.45, 7) is 7.81. The Morgan fingerprint density at radius 2 is 1.89 bits per heavy atom. The smallest absolute Gasteiger partial charge is 0.0591 e. The van der Waals surface area contributed by atoms with Crippen LogP contribution in [0.15, 0.2) is 21.1 Å². The Balaban J connectivity index is 2.25. The number of rotatable bonds is 8. The minimum Gasteiger partial charge on any atom is -0.380 e. The molecule has 0 aliphatic heterocycles. The maximum atomic E-state index is 5.61. The molecule has 2 nitrogen and oxygen atoms in total. The van der Waals surface area contributed by atoms with Crippen LogP contribution in [-0.2, 0) is 11.2 Å². The van der Waals surface area contributed by atoms with Gasteiger partial charge in [0.05, 0.1) is 13.2 Å². The lowest BCUT2D eigenvalue weighted by Gasteiger charge is -2.09. The molecule has 1 aromatic carbocycles. The third kappa shape index (κ3) is 5.83. The van der Waals surface area contributed by atoms with Gasteiger partial charge in [-0.25, -0.2) is 0 Å². The monoisotopic (exact) mass is 377 g/mol. The van der Waals surface area contributed by atoms with E-state index in [4.69, 9.17) is 4.74 Å². The van der Waals surface area contributed by atoms with Crippen LogP contribution in [0.25, 0.3) is 0 Å². The molecule has 0 spiro atoms. The third-order valence-corrected chi connectivity index (χ3v) is 4.29. The number of aryl methyl sites for hydroxylation is 1. The lowest BCUT2D eigenvalue weighted by atomic mass is 10.1. The Hall–Kier alpha value is 0.1000. The average molecular weight is 379 g/mol. The summed E-state index contributed by atoms with van der Waals surface area (Å²) in [5.74, 6) is 0. The molecule has 0 heterocycles. The molecule has 0 saturated heterocycles. The zero-order valence-electron chi connectivity index (χ0n) is 11.1. The van der Waals surface area contributed by atoms with Gasteiger partial charge in [-0.1, -0.05) is 38.8 Å². The van der Waals surface area contributed by atoms with E-state index in [0.717, 1.165) is 41.7 Å². The number of benzene rings is 1. The SMILES string of the molecule is CCCNCCOCCc1cc(Br)c(C)cc1Br. The molecule has 18 heavy (non-hydrogen) atoms. The average Bonchev–Trinajstić information content (AvgIpc) is 2.34. The molecule has 102 valence electrons. The molecule has 4 heteroatoms. The topological polar surface area (TPSA) is 21.3 Å². The van der Waals surface area contributed by atoms with Crippen molar-refractivity contribution in [1.29, 1.82) is 0 Å². The predicted molar refractivity (Wildman–Crippen MR) is 84.3 cm³/mol. The largest absolute Gasteiger partial charge is 0.380 e. The van der Waals surface area contributed by atoms with Crippen LogP contribution < -0.4 is 5.32 Å². The molecule has 0 radical (unpaired) electrons. The zero-order chi connectivity index (χ0) is 13.4. The molecule has 0 unspecified atom stereocenters. The van der Waals surface area contributed by atoms with Crippen LogP contribution in [-0.4, -0.2) is 26.3 Å². The van der Waals surface area contributed by atoms with Crippen molar-refractivity contribution < 1.29 is 4.74 Å². The van der Waals surface area contributed by atoms with Gasteiger partial charge < -0.3 is 10.1 Å². The number of nitrogens with one attached hydrogen (secondary N) is 1. The van der Waals surface area contributed by atoms with Crippen molar-refractivity contribution in [3.8, 4) is 0 Å². The summed E-state index contributed by atoms with van der Waals surface area (Å²) in [5.41, 5.74) is 2.53. The number of ether oxygens (including phenoxy) is 1. The molecule has 1 rings (SSSR count). The van der Waals surface area contributed by atoms with Crippen molar-refractivity contribution in [1.82, 2.24) is 5.32 Å². The summed E-state index contributed by atoms with van der Waals surface area (Å²) in [6.07, 6.45) is 2.11. The minimum absolute atomic E-state index is 0.766. The number of hydrogen-bond donors (Lipinski definition) is 1. The van der Waals surface area contributed by atoms with Crippen molar-refractivity contribution in [2.24, 2.45) is 0 Å². The first-order valence-corrected chi connectivity index (χ1v) is 7.96. The predicted octanol–water partition coefficient (Wildman–Crippen LogP) is 4.08. The Labute approximate surface area is 127 Å². The van der Waals surface area contributed by atoms with Gasteiger partial charge in [0.1, 0.15) is 0 Å². The first-order valence-electron chi connectivity index (χ1n) is 6.38. The molecular weight excluding hydrogens is 358 g/mol. The van der Waals surface area contributed by atoms with Gasteiger partial charge in [0.15, 0.2) is 0 Å². The van der Waals surface area contributed by atoms with Crippen LogP contribution in [0.1, 0.15) is 24.5 Å². The lowest BCUT2D eigenvalue weighted by Crippen LogP contribution is -2.20. The highest BCUT2D eigenvalue weighted by Gasteiger charge is 2.03. The Bertz CT molecular complexity index is 369. The minimum atomic E-state index is 0.766. The van der Waals surface area contributed by atoms with Crippen molar-refractivity contribution in [3.63, 3.8) is 0 Å². The van der Waals surface area contributed by atoms with E-state index < -0.39 is 0 Å². The van der Waals surface area contributed by atoms with E-state index in [1.807, 2.05) is 0 Å². The molecule has 0 aliphatic rings. The lowest BCUT2D eigenvalue weighted by molar-refractivity contribution is 0.139. The maximum absolute atomic E-state index is 5.61. The summed E-state index contributed by atoms with van der Waals surface area (Å²) in [6, 6.07) is 4.31. The number of halogens is 2. The summed E-state index contributed by atoms with van der Waals surface area (Å²) >= 11 is 7.16. The summed E-state index contributed by atoms with van der Waals surface area (Å²) in [7, 11) is 0. The molecular formula is C14H21Br2NO. The van der Waals surface area contributed by atoms with Crippen LogP contribution in [0.2, 0.25) is 0 Å². The fourth-order valence-electron chi connectivity index (χ4n) is 1.61. The van der Waals surface area contributed by atoms with Gasteiger partial charge in [0.2, 0.25) is 0 Å². The van der Waals surface area contributed by atoms with Gasteiger partial charge in [-0.05, 0) is 49.6 Å². The number of hydrogen-bond acceptors (Lipinski definition) is 2. The van der Waals surface area contributed by atoms with Gasteiger partial charge in [0.25, 0.3) is 0 Å². The Morgan fingerprint density at radius 1 is 1.11 bits per heavy atom. The van der Waals surface area contributed by atoms with Crippen molar-refractivity contribution in [2.45, 2.75) is 26.7 Å². The summed E-state index contributed by atoms with van der Waals surface area (Å²) in [4.78, 5) is 0. The molecule has 0 bridgehead atoms. The molecule has 1 aromatic rings. The molecule has 1 N–H and O–H groups in total. The van der Waals surface area contributed by atoms with Gasteiger partial charge >= 0.3 is 0 Å². The van der Waals surface area contributed by atoms with E-state index >= 15 is 0 Å². The first kappa shape index (κ1) is 16.2. The van der Waals surface area contributed by atoms with Gasteiger partial charge in [-0.2, -0.15) is 0 Å². The highest BCUT2D eigenvalue weighted by molar-refractivity contribution is 9.11. The molecule has 0 fully saturated rings. The zero-order valence-corrected chi connectivity index (χ0v) is 14.2. The van der Waals surface area contributed by atoms with Crippen LogP contribution in [0, 0.1) is 6.92 Å². The highest BCUT2D eigenvalue weighted by Crippen LogP contribution is 2.25. The second kappa shape index (κ2) is 9.08. The van der Waals surface area contributed by atoms with Crippen molar-refractivity contribution in [3.05, 3.63) is 32.2 Å². The van der Waals surface area contributed by atoms with Gasteiger partial charge in [-0.15, -0.1) is 0 Å². The molecule has 0 saturated carbocycles. The maximum Gasteiger partial charge on any atom is 0.0591 e. The van der Waals surface area contributed by atoms with Crippen LogP contribution in [0.3, 0.4) is 0 Å².